The molecule has 0 saturated carbocycles. The molecule has 4 amide bonds. The molecule has 3 N–H and O–H groups in total. The maximum absolute atomic E-state index is 10.6. The molecule has 1 rings (SSSR count). The third-order valence-electron chi connectivity index (χ3n) is 1.05. The van der Waals surface area contributed by atoms with Crippen LogP contribution in [0.2, 0.25) is 0 Å². The molecule has 1 saturated heterocycles. The summed E-state index contributed by atoms with van der Waals surface area (Å²) in [7, 11) is 0. The topological polar surface area (TPSA) is 89.5 Å². The molecule has 0 aliphatic carbocycles. The highest BCUT2D eigenvalue weighted by Gasteiger charge is 2.21. The van der Waals surface area contributed by atoms with E-state index < -0.39 is 12.1 Å². The molecule has 55 valence electrons. The third-order valence-corrected chi connectivity index (χ3v) is 1.05. The number of nitrogens with two attached hydrogens (primary N) is 1. The Bertz CT molecular complexity index is 169. The van der Waals surface area contributed by atoms with Crippen LogP contribution >= 0.6 is 0 Å². The Kier molecular flexibility index (Phi) is 1.61. The van der Waals surface area contributed by atoms with Crippen LogP contribution in [0.3, 0.4) is 0 Å². The van der Waals surface area contributed by atoms with Crippen molar-refractivity contribution in [2.45, 2.75) is 0 Å². The first-order valence-electron chi connectivity index (χ1n) is 2.75. The Morgan fingerprint density at radius 2 is 2.50 bits per heavy atom. The van der Waals surface area contributed by atoms with Crippen LogP contribution in [0.15, 0.2) is 0 Å². The summed E-state index contributed by atoms with van der Waals surface area (Å²) in [6.07, 6.45) is 0. The fourth-order valence-corrected chi connectivity index (χ4v) is 0.663. The van der Waals surface area contributed by atoms with Gasteiger partial charge in [0.25, 0.3) is 0 Å². The van der Waals surface area contributed by atoms with E-state index in [9.17, 15) is 9.59 Å². The van der Waals surface area contributed by atoms with E-state index in [-0.39, 0.29) is 0 Å². The predicted molar refractivity (Wildman–Crippen MR) is 31.8 cm³/mol. The lowest BCUT2D eigenvalue weighted by atomic mass is 10.7. The number of hydrazine groups is 1. The lowest BCUT2D eigenvalue weighted by Gasteiger charge is -2.11. The second-order valence-electron chi connectivity index (χ2n) is 1.79. The van der Waals surface area contributed by atoms with Gasteiger partial charge in [-0.3, -0.25) is 0 Å². The number of carbonyl (C=O) groups excluding carboxylic acids is 2. The maximum Gasteiger partial charge on any atom is 0.357 e. The lowest BCUT2D eigenvalue weighted by Crippen LogP contribution is -2.45. The van der Waals surface area contributed by atoms with Gasteiger partial charge in [0.1, 0.15) is 0 Å². The number of carbonyl (C=O) groups is 2. The number of primary amides is 1. The van der Waals surface area contributed by atoms with Crippen molar-refractivity contribution >= 4 is 12.1 Å². The van der Waals surface area contributed by atoms with Crippen molar-refractivity contribution in [1.29, 1.82) is 0 Å². The highest BCUT2D eigenvalue weighted by molar-refractivity contribution is 5.80. The Balaban J connectivity index is 2.40. The zero-order valence-corrected chi connectivity index (χ0v) is 5.20. The number of rotatable bonds is 1. The number of hydrogen-bond acceptors (Lipinski definition) is 2. The molecule has 1 aliphatic heterocycles. The van der Waals surface area contributed by atoms with Crippen molar-refractivity contribution in [2.75, 3.05) is 13.1 Å². The highest BCUT2D eigenvalue weighted by atomic mass is 16.2. The van der Waals surface area contributed by atoms with Crippen molar-refractivity contribution < 1.29 is 9.59 Å². The van der Waals surface area contributed by atoms with Gasteiger partial charge in [0, 0.05) is 0 Å². The zero-order chi connectivity index (χ0) is 7.56. The van der Waals surface area contributed by atoms with Crippen LogP contribution in [0, 0.1) is 0 Å². The van der Waals surface area contributed by atoms with Gasteiger partial charge >= 0.3 is 12.1 Å². The molecule has 1 radical (unpaired) electrons. The minimum Gasteiger partial charge on any atom is -0.350 e. The molecule has 0 aromatic rings. The number of hydrogen-bond donors (Lipinski definition) is 2. The zero-order valence-electron chi connectivity index (χ0n) is 5.20. The smallest absolute Gasteiger partial charge is 0.350 e. The van der Waals surface area contributed by atoms with E-state index in [0.29, 0.717) is 13.1 Å². The molecule has 0 atom stereocenters. The largest absolute Gasteiger partial charge is 0.357 e. The molecule has 1 heterocycles. The second-order valence-corrected chi connectivity index (χ2v) is 1.79. The Morgan fingerprint density at radius 3 is 2.90 bits per heavy atom. The van der Waals surface area contributed by atoms with Crippen molar-refractivity contribution in [3.05, 3.63) is 0 Å². The molecule has 0 spiro atoms. The third kappa shape index (κ3) is 1.28. The van der Waals surface area contributed by atoms with Gasteiger partial charge in [-0.15, -0.1) is 0 Å². The molecule has 0 aromatic carbocycles. The monoisotopic (exact) mass is 143 g/mol. The SMILES string of the molecule is NC(=O)NN1CC[N]C1=O. The summed E-state index contributed by atoms with van der Waals surface area (Å²) >= 11 is 0. The van der Waals surface area contributed by atoms with E-state index >= 15 is 0 Å². The highest BCUT2D eigenvalue weighted by Crippen LogP contribution is 1.91. The van der Waals surface area contributed by atoms with Crippen LogP contribution in [0.25, 0.3) is 0 Å². The van der Waals surface area contributed by atoms with E-state index in [1.165, 1.54) is 0 Å². The molecular formula is C4H7N4O2. The summed E-state index contributed by atoms with van der Waals surface area (Å²) in [5.74, 6) is 0. The summed E-state index contributed by atoms with van der Waals surface area (Å²) in [4.78, 5) is 20.8. The van der Waals surface area contributed by atoms with E-state index in [2.05, 4.69) is 10.7 Å². The van der Waals surface area contributed by atoms with Gasteiger partial charge in [-0.25, -0.2) is 25.3 Å². The molecule has 1 aliphatic rings. The molecule has 0 aromatic heterocycles. The minimum atomic E-state index is -0.745. The van der Waals surface area contributed by atoms with Crippen LogP contribution in [0.5, 0.6) is 0 Å². The fourth-order valence-electron chi connectivity index (χ4n) is 0.663. The standard InChI is InChI=1S/C4H7N4O2/c5-3(9)7-8-2-1-6-4(8)10/h1-2H2,(H3,5,7,9). The number of urea groups is 2. The summed E-state index contributed by atoms with van der Waals surface area (Å²) in [6, 6.07) is -1.19. The summed E-state index contributed by atoms with van der Waals surface area (Å²) in [5.41, 5.74) is 6.87. The van der Waals surface area contributed by atoms with Gasteiger partial charge in [-0.05, 0) is 0 Å². The Labute approximate surface area is 57.3 Å². The van der Waals surface area contributed by atoms with Crippen LogP contribution in [-0.2, 0) is 0 Å². The minimum absolute atomic E-state index is 0.405. The average Bonchev–Trinajstić information content (AvgIpc) is 2.15. The number of nitrogens with zero attached hydrogens (tertiary/aromatic N) is 2. The first kappa shape index (κ1) is 6.66. The van der Waals surface area contributed by atoms with Gasteiger partial charge in [0.05, 0.1) is 13.1 Å². The van der Waals surface area contributed by atoms with Gasteiger partial charge < -0.3 is 5.73 Å². The lowest BCUT2D eigenvalue weighted by molar-refractivity contribution is 0.189. The number of nitrogens with one attached hydrogen (secondary N) is 1. The van der Waals surface area contributed by atoms with Gasteiger partial charge in [-0.1, -0.05) is 0 Å². The van der Waals surface area contributed by atoms with Crippen molar-refractivity contribution in [2.24, 2.45) is 5.73 Å². The van der Waals surface area contributed by atoms with Crippen LogP contribution in [-0.4, -0.2) is 30.2 Å². The average molecular weight is 143 g/mol. The summed E-state index contributed by atoms with van der Waals surface area (Å²) < 4.78 is 0. The molecule has 0 unspecified atom stereocenters. The van der Waals surface area contributed by atoms with E-state index in [1.807, 2.05) is 0 Å². The quantitative estimate of drug-likeness (QED) is 0.473. The molecule has 1 fully saturated rings. The molecule has 10 heavy (non-hydrogen) atoms. The Morgan fingerprint density at radius 1 is 1.80 bits per heavy atom. The van der Waals surface area contributed by atoms with Crippen LogP contribution in [0.4, 0.5) is 9.59 Å². The number of amides is 4. The van der Waals surface area contributed by atoms with Crippen LogP contribution in [0.1, 0.15) is 0 Å². The normalized spacial score (nSPS) is 16.8. The fraction of sp³-hybridized carbons (Fsp3) is 0.500. The molecule has 0 bridgehead atoms. The van der Waals surface area contributed by atoms with Crippen LogP contribution < -0.4 is 16.5 Å². The first-order valence-corrected chi connectivity index (χ1v) is 2.75. The molecular weight excluding hydrogens is 136 g/mol. The molecule has 6 nitrogen and oxygen atoms in total. The van der Waals surface area contributed by atoms with E-state index in [0.717, 1.165) is 5.01 Å². The van der Waals surface area contributed by atoms with E-state index in [4.69, 9.17) is 5.73 Å². The first-order chi connectivity index (χ1) is 4.70. The predicted octanol–water partition coefficient (Wildman–Crippen LogP) is -1.39. The van der Waals surface area contributed by atoms with Crippen molar-refractivity contribution in [1.82, 2.24) is 15.8 Å². The van der Waals surface area contributed by atoms with Crippen molar-refractivity contribution in [3.63, 3.8) is 0 Å². The van der Waals surface area contributed by atoms with Gasteiger partial charge in [-0.2, -0.15) is 0 Å². The van der Waals surface area contributed by atoms with Gasteiger partial charge in [0.2, 0.25) is 0 Å². The summed E-state index contributed by atoms with van der Waals surface area (Å²) in [5, 5.41) is 4.56. The summed E-state index contributed by atoms with van der Waals surface area (Å²) in [6.45, 7) is 0.820. The Hall–Kier alpha value is -1.46. The van der Waals surface area contributed by atoms with Crippen molar-refractivity contribution in [3.8, 4) is 0 Å². The second kappa shape index (κ2) is 2.42. The maximum atomic E-state index is 10.6. The van der Waals surface area contributed by atoms with E-state index in [1.54, 1.807) is 0 Å². The van der Waals surface area contributed by atoms with Gasteiger partial charge in [0.15, 0.2) is 0 Å². The molecule has 6 heteroatoms.